The predicted molar refractivity (Wildman–Crippen MR) is 51.3 cm³/mol. The molecule has 80 valence electrons. The first-order valence-electron chi connectivity index (χ1n) is 4.36. The molecule has 0 heterocycles. The zero-order valence-electron chi connectivity index (χ0n) is 7.64. The number of carbonyl (C=O) groups is 1. The Morgan fingerprint density at radius 1 is 1.43 bits per heavy atom. The fourth-order valence-corrected chi connectivity index (χ4v) is 2.51. The van der Waals surface area contributed by atoms with Crippen LogP contribution in [0, 0.1) is 0 Å². The molecular weight excluding hydrogens is 206 g/mol. The minimum Gasteiger partial charge on any atom is -0.481 e. The monoisotopic (exact) mass is 219 g/mol. The van der Waals surface area contributed by atoms with Crippen molar-refractivity contribution < 1.29 is 18.3 Å². The largest absolute Gasteiger partial charge is 0.481 e. The Morgan fingerprint density at radius 2 is 2.00 bits per heavy atom. The van der Waals surface area contributed by atoms with Crippen molar-refractivity contribution in [3.8, 4) is 0 Å². The molecular formula is C8H13NO4S. The van der Waals surface area contributed by atoms with E-state index in [2.05, 4.69) is 4.72 Å². The predicted octanol–water partition coefficient (Wildman–Crippen LogP) is 0.0991. The minimum absolute atomic E-state index is 0.0891. The van der Waals surface area contributed by atoms with Gasteiger partial charge in [-0.3, -0.25) is 4.79 Å². The fraction of sp³-hybridized carbons (Fsp3) is 0.625. The highest BCUT2D eigenvalue weighted by Gasteiger charge is 2.19. The van der Waals surface area contributed by atoms with Gasteiger partial charge >= 0.3 is 5.97 Å². The van der Waals surface area contributed by atoms with Crippen LogP contribution in [0.4, 0.5) is 0 Å². The molecule has 6 heteroatoms. The first kappa shape index (κ1) is 11.2. The second-order valence-electron chi connectivity index (χ2n) is 3.22. The summed E-state index contributed by atoms with van der Waals surface area (Å²) in [4.78, 5) is 10.2. The van der Waals surface area contributed by atoms with E-state index in [4.69, 9.17) is 5.11 Å². The number of aliphatic carboxylic acids is 1. The number of hydrogen-bond donors (Lipinski definition) is 2. The summed E-state index contributed by atoms with van der Waals surface area (Å²) in [5, 5.41) is 8.33. The van der Waals surface area contributed by atoms with Gasteiger partial charge in [0.05, 0.1) is 12.2 Å². The lowest BCUT2D eigenvalue weighted by Gasteiger charge is -2.11. The van der Waals surface area contributed by atoms with Gasteiger partial charge < -0.3 is 5.11 Å². The Morgan fingerprint density at radius 3 is 2.50 bits per heavy atom. The highest BCUT2D eigenvalue weighted by molar-refractivity contribution is 7.89. The number of sulfonamides is 1. The van der Waals surface area contributed by atoms with Crippen LogP contribution in [0.15, 0.2) is 12.2 Å². The van der Waals surface area contributed by atoms with Gasteiger partial charge in [0.1, 0.15) is 0 Å². The van der Waals surface area contributed by atoms with Gasteiger partial charge in [-0.15, -0.1) is 0 Å². The van der Waals surface area contributed by atoms with Crippen molar-refractivity contribution in [2.24, 2.45) is 0 Å². The van der Waals surface area contributed by atoms with Crippen LogP contribution < -0.4 is 4.72 Å². The Hall–Kier alpha value is -0.880. The Labute approximate surface area is 82.9 Å². The van der Waals surface area contributed by atoms with Crippen molar-refractivity contribution in [2.45, 2.75) is 25.3 Å². The highest BCUT2D eigenvalue weighted by Crippen LogP contribution is 2.10. The van der Waals surface area contributed by atoms with Gasteiger partial charge in [-0.25, -0.2) is 13.1 Å². The normalized spacial score (nSPS) is 17.4. The number of rotatable bonds is 5. The summed E-state index contributed by atoms with van der Waals surface area (Å²) in [5.74, 6) is -1.45. The van der Waals surface area contributed by atoms with E-state index in [9.17, 15) is 13.2 Å². The standard InChI is InChI=1S/C8H13NO4S/c10-8(11)5-6-14(12,13)9-7-3-1-2-4-7/h1-2,7,9H,3-6H2,(H,10,11). The van der Waals surface area contributed by atoms with Crippen molar-refractivity contribution >= 4 is 16.0 Å². The molecule has 0 unspecified atom stereocenters. The molecule has 0 aromatic carbocycles. The topological polar surface area (TPSA) is 83.5 Å². The van der Waals surface area contributed by atoms with E-state index in [0.717, 1.165) is 0 Å². The van der Waals surface area contributed by atoms with Crippen LogP contribution in [0.3, 0.4) is 0 Å². The molecule has 0 aromatic rings. The van der Waals surface area contributed by atoms with E-state index < -0.39 is 16.0 Å². The zero-order chi connectivity index (χ0) is 10.6. The smallest absolute Gasteiger partial charge is 0.304 e. The molecule has 1 rings (SSSR count). The Kier molecular flexibility index (Phi) is 3.65. The molecule has 0 atom stereocenters. The Bertz CT molecular complexity index is 325. The van der Waals surface area contributed by atoms with Gasteiger partial charge in [0, 0.05) is 6.04 Å². The van der Waals surface area contributed by atoms with E-state index >= 15 is 0 Å². The van der Waals surface area contributed by atoms with Gasteiger partial charge in [-0.05, 0) is 12.8 Å². The van der Waals surface area contributed by atoms with Crippen LogP contribution in [0.2, 0.25) is 0 Å². The summed E-state index contributed by atoms with van der Waals surface area (Å²) in [6.45, 7) is 0. The first-order chi connectivity index (χ1) is 6.49. The van der Waals surface area contributed by atoms with Crippen molar-refractivity contribution in [1.82, 2.24) is 4.72 Å². The van der Waals surface area contributed by atoms with Gasteiger partial charge in [-0.1, -0.05) is 12.2 Å². The maximum atomic E-state index is 11.3. The van der Waals surface area contributed by atoms with E-state index in [1.807, 2.05) is 12.2 Å². The summed E-state index contributed by atoms with van der Waals surface area (Å²) < 4.78 is 25.0. The molecule has 0 amide bonds. The Balaban J connectivity index is 2.37. The third-order valence-electron chi connectivity index (χ3n) is 1.94. The molecule has 0 saturated heterocycles. The van der Waals surface area contributed by atoms with Crippen molar-refractivity contribution in [3.05, 3.63) is 12.2 Å². The van der Waals surface area contributed by atoms with Crippen molar-refractivity contribution in [2.75, 3.05) is 5.75 Å². The molecule has 0 spiro atoms. The zero-order valence-corrected chi connectivity index (χ0v) is 8.46. The molecule has 0 aromatic heterocycles. The molecule has 14 heavy (non-hydrogen) atoms. The quantitative estimate of drug-likeness (QED) is 0.642. The van der Waals surface area contributed by atoms with Gasteiger partial charge in [0.25, 0.3) is 0 Å². The second-order valence-corrected chi connectivity index (χ2v) is 5.09. The fourth-order valence-electron chi connectivity index (χ4n) is 1.25. The lowest BCUT2D eigenvalue weighted by atomic mass is 10.3. The molecule has 0 bridgehead atoms. The summed E-state index contributed by atoms with van der Waals surface area (Å²) in [6, 6.07) is -0.0891. The third kappa shape index (κ3) is 3.89. The van der Waals surface area contributed by atoms with E-state index in [-0.39, 0.29) is 18.2 Å². The lowest BCUT2D eigenvalue weighted by Crippen LogP contribution is -2.35. The number of carboxylic acid groups (broad SMARTS) is 1. The van der Waals surface area contributed by atoms with Crippen LogP contribution in [-0.2, 0) is 14.8 Å². The van der Waals surface area contributed by atoms with Gasteiger partial charge in [0.15, 0.2) is 0 Å². The van der Waals surface area contributed by atoms with E-state index in [0.29, 0.717) is 12.8 Å². The summed E-state index contributed by atoms with van der Waals surface area (Å²) in [5.41, 5.74) is 0. The SMILES string of the molecule is O=C(O)CCS(=O)(=O)NC1CC=CC1. The number of nitrogens with one attached hydrogen (secondary N) is 1. The molecule has 0 radical (unpaired) electrons. The van der Waals surface area contributed by atoms with Crippen LogP contribution >= 0.6 is 0 Å². The average Bonchev–Trinajstić information content (AvgIpc) is 2.53. The van der Waals surface area contributed by atoms with Crippen LogP contribution in [0.25, 0.3) is 0 Å². The second kappa shape index (κ2) is 4.56. The minimum atomic E-state index is -3.43. The first-order valence-corrected chi connectivity index (χ1v) is 6.01. The lowest BCUT2D eigenvalue weighted by molar-refractivity contribution is -0.136. The summed E-state index contributed by atoms with van der Waals surface area (Å²) in [6.07, 6.45) is 4.84. The molecule has 5 nitrogen and oxygen atoms in total. The molecule has 0 aliphatic heterocycles. The maximum absolute atomic E-state index is 11.3. The van der Waals surface area contributed by atoms with E-state index in [1.165, 1.54) is 0 Å². The van der Waals surface area contributed by atoms with E-state index in [1.54, 1.807) is 0 Å². The molecule has 1 aliphatic rings. The molecule has 2 N–H and O–H groups in total. The third-order valence-corrected chi connectivity index (χ3v) is 3.37. The maximum Gasteiger partial charge on any atom is 0.304 e. The van der Waals surface area contributed by atoms with Gasteiger partial charge in [-0.2, -0.15) is 0 Å². The highest BCUT2D eigenvalue weighted by atomic mass is 32.2. The van der Waals surface area contributed by atoms with Gasteiger partial charge in [0.2, 0.25) is 10.0 Å². The van der Waals surface area contributed by atoms with Crippen molar-refractivity contribution in [3.63, 3.8) is 0 Å². The molecule has 1 aliphatic carbocycles. The van der Waals surface area contributed by atoms with Crippen LogP contribution in [0.1, 0.15) is 19.3 Å². The molecule has 0 saturated carbocycles. The summed E-state index contributed by atoms with van der Waals surface area (Å²) >= 11 is 0. The number of hydrogen-bond acceptors (Lipinski definition) is 3. The van der Waals surface area contributed by atoms with Crippen LogP contribution in [-0.4, -0.2) is 31.3 Å². The number of carboxylic acids is 1. The molecule has 0 fully saturated rings. The van der Waals surface area contributed by atoms with Crippen LogP contribution in [0.5, 0.6) is 0 Å². The average molecular weight is 219 g/mol. The van der Waals surface area contributed by atoms with Crippen molar-refractivity contribution in [1.29, 1.82) is 0 Å². The summed E-state index contributed by atoms with van der Waals surface area (Å²) in [7, 11) is -3.43.